The number of carbonyl (C=O) groups is 1. The predicted octanol–water partition coefficient (Wildman–Crippen LogP) is 2.65. The van der Waals surface area contributed by atoms with Crippen molar-refractivity contribution >= 4 is 32.6 Å². The fourth-order valence-electron chi connectivity index (χ4n) is 1.69. The van der Waals surface area contributed by atoms with E-state index < -0.39 is 0 Å². The molecule has 1 fully saturated rings. The Morgan fingerprint density at radius 3 is 3.06 bits per heavy atom. The summed E-state index contributed by atoms with van der Waals surface area (Å²) in [5.41, 5.74) is 0.811. The van der Waals surface area contributed by atoms with E-state index in [0.717, 1.165) is 28.8 Å². The molecule has 0 radical (unpaired) electrons. The number of hydrogen-bond acceptors (Lipinski definition) is 4. The van der Waals surface area contributed by atoms with Crippen LogP contribution in [0.2, 0.25) is 0 Å². The minimum Gasteiger partial charge on any atom is -0.494 e. The number of thiazole rings is 1. The van der Waals surface area contributed by atoms with E-state index in [1.54, 1.807) is 7.11 Å². The summed E-state index contributed by atoms with van der Waals surface area (Å²) < 4.78 is 6.26. The highest BCUT2D eigenvalue weighted by Gasteiger charge is 2.30. The normalized spacial score (nSPS) is 14.9. The standard InChI is InChI=1S/C12H12N2O2S/c1-16-8-3-2-4-9-10(8)13-12(17-9)14-11(15)7-5-6-7/h2-4,7H,5-6H2,1H3,(H,13,14,15). The summed E-state index contributed by atoms with van der Waals surface area (Å²) in [4.78, 5) is 16.0. The number of fused-ring (bicyclic) bond motifs is 1. The number of carbonyl (C=O) groups excluding carboxylic acids is 1. The molecule has 5 heteroatoms. The predicted molar refractivity (Wildman–Crippen MR) is 67.5 cm³/mol. The van der Waals surface area contributed by atoms with Crippen molar-refractivity contribution in [2.45, 2.75) is 12.8 Å². The number of hydrogen-bond donors (Lipinski definition) is 1. The lowest BCUT2D eigenvalue weighted by Gasteiger charge is -1.98. The van der Waals surface area contributed by atoms with E-state index in [0.29, 0.717) is 5.13 Å². The quantitative estimate of drug-likeness (QED) is 0.908. The fourth-order valence-corrected chi connectivity index (χ4v) is 2.58. The van der Waals surface area contributed by atoms with E-state index in [1.165, 1.54) is 11.3 Å². The maximum absolute atomic E-state index is 11.6. The summed E-state index contributed by atoms with van der Waals surface area (Å²) in [6.07, 6.45) is 2.00. The van der Waals surface area contributed by atoms with Crippen LogP contribution in [-0.2, 0) is 4.79 Å². The smallest absolute Gasteiger partial charge is 0.229 e. The summed E-state index contributed by atoms with van der Waals surface area (Å²) in [6, 6.07) is 5.77. The van der Waals surface area contributed by atoms with Crippen LogP contribution < -0.4 is 10.1 Å². The van der Waals surface area contributed by atoms with Gasteiger partial charge in [0.25, 0.3) is 0 Å². The fraction of sp³-hybridized carbons (Fsp3) is 0.333. The number of ether oxygens (including phenoxy) is 1. The Kier molecular flexibility index (Phi) is 2.48. The van der Waals surface area contributed by atoms with Gasteiger partial charge in [0, 0.05) is 5.92 Å². The van der Waals surface area contributed by atoms with Gasteiger partial charge in [-0.25, -0.2) is 4.98 Å². The Balaban J connectivity index is 1.92. The molecule has 1 aromatic carbocycles. The Labute approximate surface area is 103 Å². The Hall–Kier alpha value is -1.62. The van der Waals surface area contributed by atoms with Gasteiger partial charge < -0.3 is 10.1 Å². The van der Waals surface area contributed by atoms with Crippen molar-refractivity contribution in [1.82, 2.24) is 4.98 Å². The summed E-state index contributed by atoms with van der Waals surface area (Å²) in [5.74, 6) is 1.03. The van der Waals surface area contributed by atoms with Crippen LogP contribution >= 0.6 is 11.3 Å². The van der Waals surface area contributed by atoms with Gasteiger partial charge in [-0.3, -0.25) is 4.79 Å². The zero-order valence-corrected chi connectivity index (χ0v) is 10.2. The van der Waals surface area contributed by atoms with Gasteiger partial charge in [0.15, 0.2) is 5.13 Å². The van der Waals surface area contributed by atoms with Crippen molar-refractivity contribution in [3.05, 3.63) is 18.2 Å². The van der Waals surface area contributed by atoms with Gasteiger partial charge in [0.1, 0.15) is 11.3 Å². The van der Waals surface area contributed by atoms with E-state index in [1.807, 2.05) is 18.2 Å². The van der Waals surface area contributed by atoms with Crippen LogP contribution in [0.15, 0.2) is 18.2 Å². The second-order valence-electron chi connectivity index (χ2n) is 4.09. The topological polar surface area (TPSA) is 51.2 Å². The van der Waals surface area contributed by atoms with Crippen molar-refractivity contribution in [3.63, 3.8) is 0 Å². The number of para-hydroxylation sites is 1. The summed E-state index contributed by atoms with van der Waals surface area (Å²) in [6.45, 7) is 0. The van der Waals surface area contributed by atoms with Crippen LogP contribution in [-0.4, -0.2) is 18.0 Å². The molecule has 1 aliphatic carbocycles. The molecule has 1 heterocycles. The molecule has 1 N–H and O–H groups in total. The first-order valence-electron chi connectivity index (χ1n) is 5.52. The van der Waals surface area contributed by atoms with Gasteiger partial charge in [-0.05, 0) is 25.0 Å². The lowest BCUT2D eigenvalue weighted by atomic mass is 10.3. The largest absolute Gasteiger partial charge is 0.494 e. The van der Waals surface area contributed by atoms with E-state index in [4.69, 9.17) is 4.74 Å². The molecule has 0 atom stereocenters. The van der Waals surface area contributed by atoms with E-state index >= 15 is 0 Å². The van der Waals surface area contributed by atoms with Gasteiger partial charge >= 0.3 is 0 Å². The third-order valence-corrected chi connectivity index (χ3v) is 3.72. The highest BCUT2D eigenvalue weighted by Crippen LogP contribution is 2.34. The van der Waals surface area contributed by atoms with Crippen LogP contribution in [0.3, 0.4) is 0 Å². The SMILES string of the molecule is COc1cccc2sc(NC(=O)C3CC3)nc12. The number of anilines is 1. The highest BCUT2D eigenvalue weighted by molar-refractivity contribution is 7.22. The molecule has 1 amide bonds. The molecule has 1 aliphatic rings. The highest BCUT2D eigenvalue weighted by atomic mass is 32.1. The van der Waals surface area contributed by atoms with Crippen molar-refractivity contribution < 1.29 is 9.53 Å². The number of methoxy groups -OCH3 is 1. The van der Waals surface area contributed by atoms with E-state index in [-0.39, 0.29) is 11.8 Å². The Morgan fingerprint density at radius 1 is 1.53 bits per heavy atom. The first kappa shape index (κ1) is 10.5. The number of benzene rings is 1. The van der Waals surface area contributed by atoms with Gasteiger partial charge in [-0.1, -0.05) is 17.4 Å². The zero-order valence-electron chi connectivity index (χ0n) is 9.40. The molecule has 0 saturated heterocycles. The minimum absolute atomic E-state index is 0.0861. The molecule has 1 saturated carbocycles. The zero-order chi connectivity index (χ0) is 11.8. The summed E-state index contributed by atoms with van der Waals surface area (Å²) >= 11 is 1.48. The van der Waals surface area contributed by atoms with Gasteiger partial charge in [0.05, 0.1) is 11.8 Å². The number of nitrogens with one attached hydrogen (secondary N) is 1. The van der Waals surface area contributed by atoms with Crippen molar-refractivity contribution in [3.8, 4) is 5.75 Å². The van der Waals surface area contributed by atoms with Crippen LogP contribution in [0.4, 0.5) is 5.13 Å². The second kappa shape index (κ2) is 4.00. The van der Waals surface area contributed by atoms with E-state index in [2.05, 4.69) is 10.3 Å². The van der Waals surface area contributed by atoms with Gasteiger partial charge in [-0.15, -0.1) is 0 Å². The van der Waals surface area contributed by atoms with Crippen LogP contribution in [0.1, 0.15) is 12.8 Å². The second-order valence-corrected chi connectivity index (χ2v) is 5.12. The van der Waals surface area contributed by atoms with Gasteiger partial charge in [-0.2, -0.15) is 0 Å². The Bertz CT molecular complexity index is 575. The lowest BCUT2D eigenvalue weighted by Crippen LogP contribution is -2.12. The molecule has 0 bridgehead atoms. The average molecular weight is 248 g/mol. The maximum Gasteiger partial charge on any atom is 0.229 e. The molecule has 3 rings (SSSR count). The van der Waals surface area contributed by atoms with E-state index in [9.17, 15) is 4.79 Å². The number of nitrogens with zero attached hydrogens (tertiary/aromatic N) is 1. The molecule has 1 aromatic heterocycles. The third-order valence-electron chi connectivity index (χ3n) is 2.78. The summed E-state index contributed by atoms with van der Waals surface area (Å²) in [5, 5.41) is 3.51. The molecular formula is C12H12N2O2S. The van der Waals surface area contributed by atoms with Crippen molar-refractivity contribution in [1.29, 1.82) is 0 Å². The van der Waals surface area contributed by atoms with Crippen LogP contribution in [0, 0.1) is 5.92 Å². The number of aromatic nitrogens is 1. The molecule has 4 nitrogen and oxygen atoms in total. The van der Waals surface area contributed by atoms with Gasteiger partial charge in [0.2, 0.25) is 5.91 Å². The molecule has 0 aliphatic heterocycles. The monoisotopic (exact) mass is 248 g/mol. The third kappa shape index (κ3) is 1.98. The molecule has 2 aromatic rings. The van der Waals surface area contributed by atoms with Crippen LogP contribution in [0.5, 0.6) is 5.75 Å². The molecule has 88 valence electrons. The lowest BCUT2D eigenvalue weighted by molar-refractivity contribution is -0.117. The number of rotatable bonds is 3. The Morgan fingerprint density at radius 2 is 2.35 bits per heavy atom. The molecule has 0 spiro atoms. The first-order valence-corrected chi connectivity index (χ1v) is 6.34. The number of amides is 1. The average Bonchev–Trinajstić information content (AvgIpc) is 3.09. The maximum atomic E-state index is 11.6. The van der Waals surface area contributed by atoms with Crippen LogP contribution in [0.25, 0.3) is 10.2 Å². The minimum atomic E-state index is 0.0861. The molecule has 0 unspecified atom stereocenters. The van der Waals surface area contributed by atoms with Crippen molar-refractivity contribution in [2.75, 3.05) is 12.4 Å². The first-order chi connectivity index (χ1) is 8.28. The van der Waals surface area contributed by atoms with Crippen molar-refractivity contribution in [2.24, 2.45) is 5.92 Å². The molecule has 17 heavy (non-hydrogen) atoms. The molecular weight excluding hydrogens is 236 g/mol. The summed E-state index contributed by atoms with van der Waals surface area (Å²) in [7, 11) is 1.62.